The Balaban J connectivity index is 4.39. The van der Waals surface area contributed by atoms with Crippen LogP contribution in [0.5, 0.6) is 0 Å². The largest absolute Gasteiger partial charge is 0.480 e. The molecule has 4 N–H and O–H groups in total. The van der Waals surface area contributed by atoms with E-state index in [0.29, 0.717) is 13.0 Å². The number of nitrogens with two attached hydrogens (primary N) is 1. The molecule has 0 heterocycles. The summed E-state index contributed by atoms with van der Waals surface area (Å²) < 4.78 is 33.2. The Bertz CT molecular complexity index is 1210. The summed E-state index contributed by atoms with van der Waals surface area (Å²) in [7, 11) is -4.65. The molecule has 0 aliphatic carbocycles. The van der Waals surface area contributed by atoms with Crippen LogP contribution in [0.25, 0.3) is 0 Å². The Kier molecular flexibility index (Phi) is 38.3. The summed E-state index contributed by atoms with van der Waals surface area (Å²) in [6, 6.07) is -1.49. The van der Waals surface area contributed by atoms with Gasteiger partial charge in [0.2, 0.25) is 0 Å². The van der Waals surface area contributed by atoms with Crippen molar-refractivity contribution in [2.75, 3.05) is 26.4 Å². The number of aliphatic carboxylic acids is 1. The zero-order chi connectivity index (χ0) is 41.2. The van der Waals surface area contributed by atoms with E-state index in [9.17, 15) is 19.0 Å². The highest BCUT2D eigenvalue weighted by atomic mass is 31.2. The molecular weight excluding hydrogens is 729 g/mol. The third-order valence-corrected chi connectivity index (χ3v) is 9.39. The minimum atomic E-state index is -4.65. The summed E-state index contributed by atoms with van der Waals surface area (Å²) in [4.78, 5) is 33.4. The fourth-order valence-corrected chi connectivity index (χ4v) is 5.96. The number of allylic oxidation sites excluding steroid dienone is 13. The average Bonchev–Trinajstić information content (AvgIpc) is 3.18. The van der Waals surface area contributed by atoms with E-state index >= 15 is 0 Å². The van der Waals surface area contributed by atoms with Gasteiger partial charge in [-0.3, -0.25) is 18.6 Å². The van der Waals surface area contributed by atoms with Crippen molar-refractivity contribution < 1.29 is 42.7 Å². The standard InChI is InChI=1S/C45H76NO9P/c1-3-5-7-9-11-13-15-17-19-20-21-22-24-26-28-30-32-34-36-38-52-39-42(40-53-56(50,51)54-41-43(46)45(48)49)55-44(47)37-35-33-31-29-27-25-23-18-16-14-12-10-8-6-4-2/h6,8,12-15,18-20,23,27,29,33,35,42-43H,3-5,7,9-11,16-17,21-22,24-26,28,30-32,34,36-41,46H2,1-2H3,(H,48,49)(H,50,51)/b8-6-,14-12-,15-13-,20-19-,23-18-,29-27-,35-33-. The third-order valence-electron chi connectivity index (χ3n) is 8.44. The predicted octanol–water partition coefficient (Wildman–Crippen LogP) is 11.6. The van der Waals surface area contributed by atoms with E-state index in [1.54, 1.807) is 6.08 Å². The van der Waals surface area contributed by atoms with Crippen LogP contribution in [-0.2, 0) is 32.7 Å². The summed E-state index contributed by atoms with van der Waals surface area (Å²) in [5, 5.41) is 8.89. The Labute approximate surface area is 339 Å². The number of carboxylic acids is 1. The lowest BCUT2D eigenvalue weighted by molar-refractivity contribution is -0.153. The van der Waals surface area contributed by atoms with E-state index in [0.717, 1.165) is 57.8 Å². The maximum Gasteiger partial charge on any atom is 0.472 e. The fraction of sp³-hybridized carbons (Fsp3) is 0.644. The molecule has 0 aliphatic heterocycles. The van der Waals surface area contributed by atoms with E-state index in [1.165, 1.54) is 64.2 Å². The quantitative estimate of drug-likeness (QED) is 0.0237. The molecule has 3 atom stereocenters. The highest BCUT2D eigenvalue weighted by molar-refractivity contribution is 7.47. The van der Waals surface area contributed by atoms with Gasteiger partial charge in [-0.15, -0.1) is 0 Å². The van der Waals surface area contributed by atoms with Gasteiger partial charge in [0.15, 0.2) is 0 Å². The highest BCUT2D eigenvalue weighted by Gasteiger charge is 2.27. The van der Waals surface area contributed by atoms with Crippen molar-refractivity contribution in [2.45, 2.75) is 161 Å². The Morgan fingerprint density at radius 1 is 0.589 bits per heavy atom. The Hall–Kier alpha value is -2.85. The lowest BCUT2D eigenvalue weighted by atomic mass is 10.1. The van der Waals surface area contributed by atoms with Crippen LogP contribution in [0.3, 0.4) is 0 Å². The van der Waals surface area contributed by atoms with Crippen molar-refractivity contribution in [3.05, 3.63) is 85.1 Å². The van der Waals surface area contributed by atoms with Crippen molar-refractivity contribution in [1.29, 1.82) is 0 Å². The van der Waals surface area contributed by atoms with E-state index in [4.69, 9.17) is 24.8 Å². The number of carbonyl (C=O) groups excluding carboxylic acids is 1. The summed E-state index contributed by atoms with van der Waals surface area (Å²) in [5.74, 6) is -1.92. The number of phosphoric ester groups is 1. The molecule has 0 aromatic heterocycles. The number of hydrogen-bond acceptors (Lipinski definition) is 8. The molecule has 0 fully saturated rings. The number of hydrogen-bond donors (Lipinski definition) is 3. The first-order valence-corrected chi connectivity index (χ1v) is 22.6. The van der Waals surface area contributed by atoms with Crippen LogP contribution in [0.4, 0.5) is 0 Å². The molecule has 320 valence electrons. The summed E-state index contributed by atoms with van der Waals surface area (Å²) in [6.07, 6.45) is 51.0. The molecule has 3 unspecified atom stereocenters. The summed E-state index contributed by atoms with van der Waals surface area (Å²) in [6.45, 7) is 3.59. The van der Waals surface area contributed by atoms with Crippen LogP contribution in [-0.4, -0.2) is 60.5 Å². The molecule has 11 heteroatoms. The number of rotatable bonds is 39. The van der Waals surface area contributed by atoms with Gasteiger partial charge in [-0.1, -0.05) is 157 Å². The summed E-state index contributed by atoms with van der Waals surface area (Å²) in [5.41, 5.74) is 5.34. The van der Waals surface area contributed by atoms with E-state index in [-0.39, 0.29) is 13.0 Å². The SMILES string of the molecule is CC/C=C\C/C=C\C/C=C\C/C=C\C/C=C\CC(=O)OC(COCCCCCCCCCC/C=C\C/C=C\CCCCCC)COP(=O)(O)OCC(N)C(=O)O. The van der Waals surface area contributed by atoms with Crippen LogP contribution in [0.1, 0.15) is 149 Å². The van der Waals surface area contributed by atoms with Gasteiger partial charge >= 0.3 is 19.8 Å². The van der Waals surface area contributed by atoms with Crippen molar-refractivity contribution in [3.63, 3.8) is 0 Å². The van der Waals surface area contributed by atoms with Crippen LogP contribution < -0.4 is 5.73 Å². The van der Waals surface area contributed by atoms with Gasteiger partial charge in [0.25, 0.3) is 0 Å². The van der Waals surface area contributed by atoms with Gasteiger partial charge in [0.1, 0.15) is 12.1 Å². The second-order valence-electron chi connectivity index (χ2n) is 13.7. The number of carboxylic acid groups (broad SMARTS) is 1. The van der Waals surface area contributed by atoms with Crippen molar-refractivity contribution >= 4 is 19.8 Å². The maximum atomic E-state index is 12.5. The smallest absolute Gasteiger partial charge is 0.472 e. The molecule has 0 saturated carbocycles. The highest BCUT2D eigenvalue weighted by Crippen LogP contribution is 2.43. The minimum Gasteiger partial charge on any atom is -0.480 e. The molecule has 0 rings (SSSR count). The van der Waals surface area contributed by atoms with Crippen molar-refractivity contribution in [2.24, 2.45) is 5.73 Å². The van der Waals surface area contributed by atoms with Crippen LogP contribution >= 0.6 is 7.82 Å². The number of esters is 1. The second-order valence-corrected chi connectivity index (χ2v) is 15.2. The van der Waals surface area contributed by atoms with Gasteiger partial charge in [-0.2, -0.15) is 0 Å². The summed E-state index contributed by atoms with van der Waals surface area (Å²) >= 11 is 0. The molecule has 0 amide bonds. The normalized spacial score (nSPS) is 14.8. The van der Waals surface area contributed by atoms with Crippen LogP contribution in [0.15, 0.2) is 85.1 Å². The molecule has 0 aliphatic rings. The zero-order valence-electron chi connectivity index (χ0n) is 34.7. The average molecular weight is 806 g/mol. The first kappa shape index (κ1) is 53.1. The molecule has 0 spiro atoms. The van der Waals surface area contributed by atoms with Gasteiger partial charge in [-0.25, -0.2) is 4.57 Å². The van der Waals surface area contributed by atoms with Crippen LogP contribution in [0, 0.1) is 0 Å². The van der Waals surface area contributed by atoms with Crippen molar-refractivity contribution in [3.8, 4) is 0 Å². The number of phosphoric acid groups is 1. The number of ether oxygens (including phenoxy) is 2. The first-order chi connectivity index (χ1) is 27.2. The van der Waals surface area contributed by atoms with Gasteiger partial charge in [0, 0.05) is 6.61 Å². The topological polar surface area (TPSA) is 155 Å². The van der Waals surface area contributed by atoms with E-state index < -0.39 is 45.1 Å². The lowest BCUT2D eigenvalue weighted by Crippen LogP contribution is -2.34. The number of carbonyl (C=O) groups is 2. The molecule has 0 saturated heterocycles. The molecule has 0 bridgehead atoms. The molecule has 0 aromatic rings. The molecule has 0 aromatic carbocycles. The van der Waals surface area contributed by atoms with Gasteiger partial charge < -0.3 is 25.2 Å². The molecule has 10 nitrogen and oxygen atoms in total. The Morgan fingerprint density at radius 2 is 1.04 bits per heavy atom. The monoisotopic (exact) mass is 806 g/mol. The first-order valence-electron chi connectivity index (χ1n) is 21.1. The van der Waals surface area contributed by atoms with Crippen LogP contribution in [0.2, 0.25) is 0 Å². The molecule has 0 radical (unpaired) electrons. The Morgan fingerprint density at radius 3 is 1.55 bits per heavy atom. The number of unbranched alkanes of at least 4 members (excludes halogenated alkanes) is 12. The minimum absolute atomic E-state index is 0.0123. The fourth-order valence-electron chi connectivity index (χ4n) is 5.18. The molecule has 56 heavy (non-hydrogen) atoms. The zero-order valence-corrected chi connectivity index (χ0v) is 35.6. The second kappa shape index (κ2) is 40.4. The van der Waals surface area contributed by atoms with Crippen molar-refractivity contribution in [1.82, 2.24) is 0 Å². The van der Waals surface area contributed by atoms with Gasteiger partial charge in [0.05, 0.1) is 26.2 Å². The van der Waals surface area contributed by atoms with Gasteiger partial charge in [-0.05, 0) is 70.6 Å². The molecular formula is C45H76NO9P. The lowest BCUT2D eigenvalue weighted by Gasteiger charge is -2.20. The third kappa shape index (κ3) is 39.4. The predicted molar refractivity (Wildman–Crippen MR) is 230 cm³/mol. The maximum absolute atomic E-state index is 12.5. The van der Waals surface area contributed by atoms with E-state index in [2.05, 4.69) is 85.2 Å². The van der Waals surface area contributed by atoms with E-state index in [1.807, 2.05) is 12.2 Å².